The molecule has 2 aromatic heterocycles. The zero-order valence-electron chi connectivity index (χ0n) is 10.5. The van der Waals surface area contributed by atoms with Crippen LogP contribution in [-0.2, 0) is 0 Å². The van der Waals surface area contributed by atoms with Gasteiger partial charge in [-0.25, -0.2) is 19.3 Å². The van der Waals surface area contributed by atoms with Gasteiger partial charge in [0, 0.05) is 25.7 Å². The number of hydrogen-bond acceptors (Lipinski definition) is 5. The number of unbranched alkanes of at least 4 members (excludes halogenated alkanes) is 1. The molecule has 0 aliphatic rings. The lowest BCUT2D eigenvalue weighted by Gasteiger charge is -2.22. The average Bonchev–Trinajstić information content (AvgIpc) is 2.76. The quantitative estimate of drug-likeness (QED) is 0.752. The molecule has 0 amide bonds. The molecule has 0 fully saturated rings. The van der Waals surface area contributed by atoms with Crippen molar-refractivity contribution in [2.45, 2.75) is 19.8 Å². The summed E-state index contributed by atoms with van der Waals surface area (Å²) in [7, 11) is 0. The summed E-state index contributed by atoms with van der Waals surface area (Å²) in [6.45, 7) is 4.37. The van der Waals surface area contributed by atoms with E-state index in [-0.39, 0.29) is 5.69 Å². The first-order valence-electron chi connectivity index (χ1n) is 6.14. The van der Waals surface area contributed by atoms with Gasteiger partial charge in [0.05, 0.1) is 0 Å². The number of nitrogens with zero attached hydrogens (tertiary/aromatic N) is 4. The predicted molar refractivity (Wildman–Crippen MR) is 69.8 cm³/mol. The fourth-order valence-corrected chi connectivity index (χ4v) is 1.82. The molecule has 7 heteroatoms. The van der Waals surface area contributed by atoms with Gasteiger partial charge in [0.1, 0.15) is 12.1 Å². The van der Waals surface area contributed by atoms with Gasteiger partial charge in [0.2, 0.25) is 0 Å². The summed E-state index contributed by atoms with van der Waals surface area (Å²) < 4.78 is 1.38. The zero-order chi connectivity index (χ0) is 13.0. The van der Waals surface area contributed by atoms with Crippen molar-refractivity contribution in [2.24, 2.45) is 5.73 Å². The second-order valence-corrected chi connectivity index (χ2v) is 4.13. The van der Waals surface area contributed by atoms with Gasteiger partial charge in [-0.3, -0.25) is 0 Å². The maximum atomic E-state index is 11.3. The van der Waals surface area contributed by atoms with Gasteiger partial charge in [0.15, 0.2) is 5.65 Å². The third-order valence-electron chi connectivity index (χ3n) is 2.80. The highest BCUT2D eigenvalue weighted by atomic mass is 16.1. The molecular formula is C11H18N6O. The minimum absolute atomic E-state index is 0.275. The first-order chi connectivity index (χ1) is 8.76. The highest BCUT2D eigenvalue weighted by Crippen LogP contribution is 2.11. The van der Waals surface area contributed by atoms with Crippen molar-refractivity contribution in [3.63, 3.8) is 0 Å². The maximum absolute atomic E-state index is 11.3. The summed E-state index contributed by atoms with van der Waals surface area (Å²) in [4.78, 5) is 17.7. The van der Waals surface area contributed by atoms with Crippen molar-refractivity contribution in [3.05, 3.63) is 22.9 Å². The van der Waals surface area contributed by atoms with Crippen molar-refractivity contribution in [1.82, 2.24) is 19.6 Å². The number of anilines is 1. The SMILES string of the molecule is CCCCN(CCN)c1cc2n[nH]c(=O)n2cn1. The number of nitrogens with one attached hydrogen (secondary N) is 1. The Bertz CT molecular complexity index is 560. The Morgan fingerprint density at radius 3 is 3.06 bits per heavy atom. The molecule has 0 aromatic carbocycles. The van der Waals surface area contributed by atoms with E-state index >= 15 is 0 Å². The fourth-order valence-electron chi connectivity index (χ4n) is 1.82. The summed E-state index contributed by atoms with van der Waals surface area (Å²) in [5, 5.41) is 6.32. The molecule has 0 aliphatic carbocycles. The number of rotatable bonds is 6. The number of aromatic amines is 1. The van der Waals surface area contributed by atoms with Crippen LogP contribution in [0.15, 0.2) is 17.2 Å². The molecule has 0 radical (unpaired) electrons. The molecule has 3 N–H and O–H groups in total. The van der Waals surface area contributed by atoms with Crippen molar-refractivity contribution >= 4 is 11.5 Å². The van der Waals surface area contributed by atoms with Gasteiger partial charge >= 0.3 is 5.69 Å². The average molecular weight is 250 g/mol. The van der Waals surface area contributed by atoms with Crippen molar-refractivity contribution < 1.29 is 0 Å². The van der Waals surface area contributed by atoms with E-state index in [2.05, 4.69) is 27.0 Å². The maximum Gasteiger partial charge on any atom is 0.348 e. The molecular weight excluding hydrogens is 232 g/mol. The summed E-state index contributed by atoms with van der Waals surface area (Å²) in [5.41, 5.74) is 5.91. The lowest BCUT2D eigenvalue weighted by molar-refractivity contribution is 0.706. The van der Waals surface area contributed by atoms with E-state index in [0.717, 1.165) is 31.7 Å². The van der Waals surface area contributed by atoms with E-state index in [1.54, 1.807) is 6.07 Å². The van der Waals surface area contributed by atoms with Crippen LogP contribution in [0.1, 0.15) is 19.8 Å². The van der Waals surface area contributed by atoms with Crippen LogP contribution < -0.4 is 16.3 Å². The Morgan fingerprint density at radius 2 is 2.33 bits per heavy atom. The molecule has 0 spiro atoms. The Labute approximate surface area is 105 Å². The highest BCUT2D eigenvalue weighted by Gasteiger charge is 2.09. The van der Waals surface area contributed by atoms with E-state index in [9.17, 15) is 4.79 Å². The summed E-state index contributed by atoms with van der Waals surface area (Å²) >= 11 is 0. The molecule has 0 bridgehead atoms. The van der Waals surface area contributed by atoms with Crippen LogP contribution in [0, 0.1) is 0 Å². The molecule has 18 heavy (non-hydrogen) atoms. The molecule has 0 saturated heterocycles. The van der Waals surface area contributed by atoms with Crippen LogP contribution in [0.2, 0.25) is 0 Å². The number of aromatic nitrogens is 4. The summed E-state index contributed by atoms with van der Waals surface area (Å²) in [6.07, 6.45) is 3.69. The number of H-pyrrole nitrogens is 1. The van der Waals surface area contributed by atoms with Gasteiger partial charge in [-0.2, -0.15) is 5.10 Å². The molecule has 2 rings (SSSR count). The van der Waals surface area contributed by atoms with Crippen molar-refractivity contribution in [3.8, 4) is 0 Å². The third-order valence-corrected chi connectivity index (χ3v) is 2.80. The fraction of sp³-hybridized carbons (Fsp3) is 0.545. The Hall–Kier alpha value is -1.89. The Balaban J connectivity index is 2.28. The van der Waals surface area contributed by atoms with Gasteiger partial charge in [-0.1, -0.05) is 13.3 Å². The highest BCUT2D eigenvalue weighted by molar-refractivity contribution is 5.50. The third kappa shape index (κ3) is 2.51. The standard InChI is InChI=1S/C11H18N6O/c1-2-3-5-16(6-4-12)9-7-10-14-15-11(18)17(10)8-13-9/h7-8H,2-6,12H2,1H3,(H,15,18). The monoisotopic (exact) mass is 250 g/mol. The van der Waals surface area contributed by atoms with E-state index in [1.165, 1.54) is 10.7 Å². The zero-order valence-corrected chi connectivity index (χ0v) is 10.5. The van der Waals surface area contributed by atoms with Gasteiger partial charge in [0.25, 0.3) is 0 Å². The Morgan fingerprint density at radius 1 is 1.50 bits per heavy atom. The van der Waals surface area contributed by atoms with Crippen LogP contribution in [0.3, 0.4) is 0 Å². The van der Waals surface area contributed by atoms with E-state index in [4.69, 9.17) is 5.73 Å². The second kappa shape index (κ2) is 5.63. The number of fused-ring (bicyclic) bond motifs is 1. The van der Waals surface area contributed by atoms with Crippen molar-refractivity contribution in [2.75, 3.05) is 24.5 Å². The summed E-state index contributed by atoms with van der Waals surface area (Å²) in [5.74, 6) is 0.806. The van der Waals surface area contributed by atoms with Gasteiger partial charge in [-0.05, 0) is 6.42 Å². The van der Waals surface area contributed by atoms with Gasteiger partial charge < -0.3 is 10.6 Å². The smallest absolute Gasteiger partial charge is 0.348 e. The molecule has 0 saturated carbocycles. The lowest BCUT2D eigenvalue weighted by atomic mass is 10.3. The predicted octanol–water partition coefficient (Wildman–Crippen LogP) is -0.0172. The molecule has 2 aromatic rings. The Kier molecular flexibility index (Phi) is 3.93. The topological polar surface area (TPSA) is 92.3 Å². The molecule has 0 atom stereocenters. The van der Waals surface area contributed by atoms with Gasteiger partial charge in [-0.15, -0.1) is 0 Å². The van der Waals surface area contributed by atoms with Crippen molar-refractivity contribution in [1.29, 1.82) is 0 Å². The normalized spacial score (nSPS) is 11.0. The molecule has 98 valence electrons. The second-order valence-electron chi connectivity index (χ2n) is 4.13. The molecule has 0 aliphatic heterocycles. The largest absolute Gasteiger partial charge is 0.355 e. The van der Waals surface area contributed by atoms with Crippen LogP contribution in [0.4, 0.5) is 5.82 Å². The summed E-state index contributed by atoms with van der Waals surface area (Å²) in [6, 6.07) is 1.79. The first-order valence-corrected chi connectivity index (χ1v) is 6.14. The number of nitrogens with two attached hydrogens (primary N) is 1. The van der Waals surface area contributed by atoms with E-state index < -0.39 is 0 Å². The van der Waals surface area contributed by atoms with Crippen LogP contribution in [-0.4, -0.2) is 39.2 Å². The van der Waals surface area contributed by atoms with Crippen LogP contribution >= 0.6 is 0 Å². The lowest BCUT2D eigenvalue weighted by Crippen LogP contribution is -2.31. The molecule has 2 heterocycles. The minimum Gasteiger partial charge on any atom is -0.355 e. The minimum atomic E-state index is -0.275. The van der Waals surface area contributed by atoms with Crippen LogP contribution in [0.5, 0.6) is 0 Å². The number of hydrogen-bond donors (Lipinski definition) is 2. The first kappa shape index (κ1) is 12.6. The van der Waals surface area contributed by atoms with Crippen LogP contribution in [0.25, 0.3) is 5.65 Å². The molecule has 0 unspecified atom stereocenters. The van der Waals surface area contributed by atoms with E-state index in [0.29, 0.717) is 12.2 Å². The van der Waals surface area contributed by atoms with E-state index in [1.807, 2.05) is 0 Å². The molecule has 7 nitrogen and oxygen atoms in total.